The summed E-state index contributed by atoms with van der Waals surface area (Å²) in [4.78, 5) is 31.6. The molecule has 0 bridgehead atoms. The maximum atomic E-state index is 13.5. The van der Waals surface area contributed by atoms with Crippen LogP contribution >= 0.6 is 39.1 Å². The van der Waals surface area contributed by atoms with E-state index in [-0.39, 0.29) is 15.7 Å². The van der Waals surface area contributed by atoms with Crippen molar-refractivity contribution in [3.05, 3.63) is 65.9 Å². The molecule has 0 saturated carbocycles. The highest BCUT2D eigenvalue weighted by Crippen LogP contribution is 2.30. The van der Waals surface area contributed by atoms with Crippen LogP contribution in [0.1, 0.15) is 6.92 Å². The van der Waals surface area contributed by atoms with Crippen molar-refractivity contribution < 1.29 is 4.74 Å². The molecule has 0 aliphatic carbocycles. The number of hydrogen-bond acceptors (Lipinski definition) is 4. The fraction of sp³-hybridized carbons (Fsp3) is 0.348. The Labute approximate surface area is 216 Å². The van der Waals surface area contributed by atoms with E-state index in [1.165, 1.54) is 6.20 Å². The van der Waals surface area contributed by atoms with Gasteiger partial charge in [-0.1, -0.05) is 48.9 Å². The summed E-state index contributed by atoms with van der Waals surface area (Å²) in [5, 5.41) is 1.42. The van der Waals surface area contributed by atoms with Crippen molar-refractivity contribution in [2.75, 3.05) is 6.61 Å². The summed E-state index contributed by atoms with van der Waals surface area (Å²) in [6.45, 7) is 10.1. The zero-order chi connectivity index (χ0) is 24.8. The van der Waals surface area contributed by atoms with Crippen molar-refractivity contribution in [2.24, 2.45) is 0 Å². The zero-order valence-corrected chi connectivity index (χ0v) is 23.5. The fourth-order valence-corrected chi connectivity index (χ4v) is 5.70. The zero-order valence-electron chi connectivity index (χ0n) is 19.4. The summed E-state index contributed by atoms with van der Waals surface area (Å²) in [6, 6.07) is 7.77. The van der Waals surface area contributed by atoms with Gasteiger partial charge < -0.3 is 4.74 Å². The third kappa shape index (κ3) is 4.51. The third-order valence-corrected chi connectivity index (χ3v) is 8.63. The van der Waals surface area contributed by atoms with Crippen LogP contribution in [0.2, 0.25) is 35.7 Å². The molecule has 180 valence electrons. The number of aromatic nitrogens is 4. The number of nitrogens with zero attached hydrogens (tertiary/aromatic N) is 4. The first-order chi connectivity index (χ1) is 16.0. The maximum Gasteiger partial charge on any atom is 0.336 e. The number of aryl methyl sites for hydroxylation is 1. The van der Waals surface area contributed by atoms with Gasteiger partial charge in [0.1, 0.15) is 12.4 Å². The van der Waals surface area contributed by atoms with Crippen molar-refractivity contribution >= 4 is 69.1 Å². The predicted octanol–water partition coefficient (Wildman–Crippen LogP) is 5.90. The Morgan fingerprint density at radius 2 is 1.76 bits per heavy atom. The van der Waals surface area contributed by atoms with Crippen LogP contribution in [0.3, 0.4) is 0 Å². The van der Waals surface area contributed by atoms with E-state index in [9.17, 15) is 9.59 Å². The molecule has 11 heteroatoms. The first-order valence-corrected chi connectivity index (χ1v) is 16.2. The van der Waals surface area contributed by atoms with E-state index in [1.807, 2.05) is 17.6 Å². The molecule has 34 heavy (non-hydrogen) atoms. The van der Waals surface area contributed by atoms with Gasteiger partial charge >= 0.3 is 5.69 Å². The Balaban J connectivity index is 1.92. The molecule has 0 N–H and O–H groups in total. The van der Waals surface area contributed by atoms with Crippen LogP contribution in [0, 0.1) is 0 Å². The predicted molar refractivity (Wildman–Crippen MR) is 145 cm³/mol. The number of ether oxygens (including phenoxy) is 1. The van der Waals surface area contributed by atoms with Gasteiger partial charge in [0, 0.05) is 32.8 Å². The van der Waals surface area contributed by atoms with E-state index < -0.39 is 19.3 Å². The number of para-hydroxylation sites is 1. The largest absolute Gasteiger partial charge is 0.361 e. The lowest BCUT2D eigenvalue weighted by Crippen LogP contribution is -2.39. The van der Waals surface area contributed by atoms with Gasteiger partial charge in [0.25, 0.3) is 5.56 Å². The van der Waals surface area contributed by atoms with Crippen LogP contribution < -0.4 is 11.2 Å². The average Bonchev–Trinajstić information content (AvgIpc) is 3.08. The fourth-order valence-electron chi connectivity index (χ4n) is 3.87. The lowest BCUT2D eigenvalue weighted by Gasteiger charge is -2.16. The van der Waals surface area contributed by atoms with Crippen LogP contribution in [-0.4, -0.2) is 33.4 Å². The van der Waals surface area contributed by atoms with Crippen molar-refractivity contribution in [3.63, 3.8) is 0 Å². The van der Waals surface area contributed by atoms with Crippen LogP contribution in [-0.2, 0) is 18.0 Å². The minimum Gasteiger partial charge on any atom is -0.361 e. The quantitative estimate of drug-likeness (QED) is 0.200. The summed E-state index contributed by atoms with van der Waals surface area (Å²) >= 11 is 16.3. The van der Waals surface area contributed by atoms with Crippen molar-refractivity contribution in [1.29, 1.82) is 0 Å². The Hall–Kier alpha value is -1.91. The third-order valence-electron chi connectivity index (χ3n) is 5.66. The Morgan fingerprint density at radius 1 is 1.09 bits per heavy atom. The van der Waals surface area contributed by atoms with Crippen molar-refractivity contribution in [1.82, 2.24) is 18.7 Å². The van der Waals surface area contributed by atoms with E-state index >= 15 is 0 Å². The average molecular weight is 584 g/mol. The second kappa shape index (κ2) is 9.62. The van der Waals surface area contributed by atoms with E-state index in [1.54, 1.807) is 22.8 Å². The minimum absolute atomic E-state index is 0.166. The van der Waals surface area contributed by atoms with Crippen LogP contribution in [0.15, 0.2) is 44.7 Å². The molecule has 4 aromatic rings. The van der Waals surface area contributed by atoms with Crippen molar-refractivity contribution in [3.8, 4) is 5.69 Å². The molecule has 0 aliphatic heterocycles. The molecule has 3 heterocycles. The Morgan fingerprint density at radius 3 is 2.38 bits per heavy atom. The number of pyridine rings is 1. The van der Waals surface area contributed by atoms with Gasteiger partial charge in [-0.15, -0.1) is 0 Å². The smallest absolute Gasteiger partial charge is 0.336 e. The summed E-state index contributed by atoms with van der Waals surface area (Å²) in [5.74, 6) is 0. The van der Waals surface area contributed by atoms with Gasteiger partial charge in [-0.2, -0.15) is 0 Å². The topological polar surface area (TPSA) is 71.0 Å². The first-order valence-electron chi connectivity index (χ1n) is 10.9. The molecule has 7 nitrogen and oxygen atoms in total. The number of fused-ring (bicyclic) bond motifs is 3. The second-order valence-corrected chi connectivity index (χ2v) is 16.5. The molecule has 3 aromatic heterocycles. The van der Waals surface area contributed by atoms with Gasteiger partial charge in [0.2, 0.25) is 0 Å². The summed E-state index contributed by atoms with van der Waals surface area (Å²) < 4.78 is 11.1. The molecule has 0 aliphatic rings. The minimum atomic E-state index is -1.20. The lowest BCUT2D eigenvalue weighted by atomic mass is 10.2. The van der Waals surface area contributed by atoms with E-state index in [2.05, 4.69) is 40.6 Å². The Kier molecular flexibility index (Phi) is 7.13. The maximum absolute atomic E-state index is 13.5. The lowest BCUT2D eigenvalue weighted by molar-refractivity contribution is 0.0885. The monoisotopic (exact) mass is 582 g/mol. The van der Waals surface area contributed by atoms with Gasteiger partial charge in [-0.3, -0.25) is 13.9 Å². The van der Waals surface area contributed by atoms with Gasteiger partial charge in [-0.05, 0) is 47.1 Å². The Bertz CT molecular complexity index is 1500. The van der Waals surface area contributed by atoms with E-state index in [4.69, 9.17) is 27.9 Å². The number of rotatable bonds is 7. The molecular weight excluding hydrogens is 559 g/mol. The van der Waals surface area contributed by atoms with Crippen molar-refractivity contribution in [2.45, 2.75) is 45.9 Å². The van der Waals surface area contributed by atoms with Gasteiger partial charge in [0.05, 0.1) is 31.2 Å². The molecule has 0 saturated heterocycles. The second-order valence-electron chi connectivity index (χ2n) is 9.24. The van der Waals surface area contributed by atoms with Gasteiger partial charge in [-0.25, -0.2) is 14.3 Å². The number of halogens is 3. The summed E-state index contributed by atoms with van der Waals surface area (Å²) in [6.07, 6.45) is 1.50. The number of hydrogen-bond donors (Lipinski definition) is 0. The number of benzene rings is 1. The highest BCUT2D eigenvalue weighted by molar-refractivity contribution is 9.10. The SMILES string of the molecule is CCn1c(=O)n(-c2c(Cl)cccc2Cl)c(=O)c2cnc3c(cc(Br)n3COCC[Si](C)(C)C)c21. The molecule has 0 spiro atoms. The molecule has 4 rings (SSSR count). The van der Waals surface area contributed by atoms with Crippen LogP contribution in [0.5, 0.6) is 0 Å². The van der Waals surface area contributed by atoms with Crippen LogP contribution in [0.4, 0.5) is 0 Å². The summed E-state index contributed by atoms with van der Waals surface area (Å²) in [7, 11) is -1.20. The molecule has 0 radical (unpaired) electrons. The highest BCUT2D eigenvalue weighted by atomic mass is 79.9. The normalized spacial score (nSPS) is 12.2. The molecule has 0 unspecified atom stereocenters. The molecule has 0 fully saturated rings. The van der Waals surface area contributed by atoms with E-state index in [0.29, 0.717) is 41.8 Å². The standard InChI is InChI=1S/C23H25BrCl2N4O3Si/c1-5-28-19-14-11-18(24)29(13-33-9-10-34(2,3)4)21(14)27-12-15(19)22(31)30(23(28)32)20-16(25)7-6-8-17(20)26/h6-8,11-12H,5,9-10,13H2,1-4H3. The van der Waals surface area contributed by atoms with Gasteiger partial charge in [0.15, 0.2) is 0 Å². The molecular formula is C23H25BrCl2N4O3Si. The molecule has 0 atom stereocenters. The summed E-state index contributed by atoms with van der Waals surface area (Å²) in [5.41, 5.74) is 0.270. The highest BCUT2D eigenvalue weighted by Gasteiger charge is 2.22. The molecule has 0 amide bonds. The van der Waals surface area contributed by atoms with E-state index in [0.717, 1.165) is 15.2 Å². The van der Waals surface area contributed by atoms with Crippen LogP contribution in [0.25, 0.3) is 27.6 Å². The first kappa shape index (κ1) is 25.2. The molecule has 1 aromatic carbocycles.